The number of halogens is 2. The molecule has 7 nitrogen and oxygen atoms in total. The average Bonchev–Trinajstić information content (AvgIpc) is 3.13. The first kappa shape index (κ1) is 26.0. The number of hydrogen-bond acceptors (Lipinski definition) is 7. The van der Waals surface area contributed by atoms with Gasteiger partial charge in [-0.2, -0.15) is 0 Å². The molecule has 0 atom stereocenters. The van der Waals surface area contributed by atoms with Gasteiger partial charge in [0.1, 0.15) is 0 Å². The van der Waals surface area contributed by atoms with Crippen LogP contribution in [0, 0.1) is 0 Å². The molecule has 2 aromatic carbocycles. The van der Waals surface area contributed by atoms with Crippen molar-refractivity contribution in [2.24, 2.45) is 0 Å². The normalized spacial score (nSPS) is 17.3. The third-order valence-electron chi connectivity index (χ3n) is 5.24. The fraction of sp³-hybridized carbons (Fsp3) is 0.292. The van der Waals surface area contributed by atoms with Crippen LogP contribution in [-0.2, 0) is 14.3 Å². The molecule has 2 aliphatic rings. The standard InChI is InChI=1S/C24H22BrClN2O5S2/c1-2-32-20-11-15(3-6-19(20)33-14-22(29)27-7-9-31-10-8-27)12-21-23(30)28(24(34)35-21)16-4-5-17(25)18(26)13-16/h3-6,11-13H,2,7-10,14H2,1H3/b21-12-. The molecule has 0 N–H and O–H groups in total. The van der Waals surface area contributed by atoms with E-state index >= 15 is 0 Å². The van der Waals surface area contributed by atoms with E-state index in [1.165, 1.54) is 16.7 Å². The predicted octanol–water partition coefficient (Wildman–Crippen LogP) is 5.14. The van der Waals surface area contributed by atoms with Gasteiger partial charge < -0.3 is 19.1 Å². The molecule has 35 heavy (non-hydrogen) atoms. The Morgan fingerprint density at radius 2 is 1.97 bits per heavy atom. The zero-order valence-corrected chi connectivity index (χ0v) is 22.8. The Bertz CT molecular complexity index is 1190. The van der Waals surface area contributed by atoms with E-state index in [-0.39, 0.29) is 18.4 Å². The van der Waals surface area contributed by atoms with Crippen molar-refractivity contribution < 1.29 is 23.8 Å². The summed E-state index contributed by atoms with van der Waals surface area (Å²) in [5.41, 5.74) is 1.35. The molecular weight excluding hydrogens is 576 g/mol. The molecule has 2 aromatic rings. The third kappa shape index (κ3) is 6.18. The first-order valence-electron chi connectivity index (χ1n) is 10.9. The number of nitrogens with zero attached hydrogens (tertiary/aromatic N) is 2. The predicted molar refractivity (Wildman–Crippen MR) is 145 cm³/mol. The van der Waals surface area contributed by atoms with E-state index in [1.807, 2.05) is 6.92 Å². The summed E-state index contributed by atoms with van der Waals surface area (Å²) in [7, 11) is 0. The first-order chi connectivity index (χ1) is 16.9. The Morgan fingerprint density at radius 3 is 2.69 bits per heavy atom. The number of ether oxygens (including phenoxy) is 3. The number of anilines is 1. The molecule has 0 unspecified atom stereocenters. The van der Waals surface area contributed by atoms with Crippen molar-refractivity contribution >= 4 is 79.4 Å². The maximum atomic E-state index is 13.1. The minimum absolute atomic E-state index is 0.0895. The summed E-state index contributed by atoms with van der Waals surface area (Å²) in [6, 6.07) is 10.6. The smallest absolute Gasteiger partial charge is 0.270 e. The van der Waals surface area contributed by atoms with Crippen LogP contribution in [0.25, 0.3) is 6.08 Å². The third-order valence-corrected chi connectivity index (χ3v) is 7.77. The van der Waals surface area contributed by atoms with Gasteiger partial charge in [0.2, 0.25) is 0 Å². The molecule has 184 valence electrons. The van der Waals surface area contributed by atoms with E-state index in [9.17, 15) is 9.59 Å². The van der Waals surface area contributed by atoms with Crippen LogP contribution in [0.1, 0.15) is 12.5 Å². The van der Waals surface area contributed by atoms with Crippen molar-refractivity contribution in [1.29, 1.82) is 0 Å². The van der Waals surface area contributed by atoms with Gasteiger partial charge in [-0.1, -0.05) is 41.6 Å². The molecule has 11 heteroatoms. The molecule has 4 rings (SSSR count). The van der Waals surface area contributed by atoms with Gasteiger partial charge in [0.15, 0.2) is 22.4 Å². The van der Waals surface area contributed by atoms with Crippen LogP contribution in [0.2, 0.25) is 5.02 Å². The van der Waals surface area contributed by atoms with Crippen LogP contribution in [0.5, 0.6) is 11.5 Å². The van der Waals surface area contributed by atoms with Gasteiger partial charge in [-0.05, 0) is 64.8 Å². The zero-order chi connectivity index (χ0) is 24.9. The molecule has 0 bridgehead atoms. The second-order valence-electron chi connectivity index (χ2n) is 7.54. The average molecular weight is 598 g/mol. The highest BCUT2D eigenvalue weighted by molar-refractivity contribution is 9.10. The lowest BCUT2D eigenvalue weighted by Gasteiger charge is -2.26. The highest BCUT2D eigenvalue weighted by atomic mass is 79.9. The molecule has 2 saturated heterocycles. The number of rotatable bonds is 7. The molecule has 2 fully saturated rings. The molecular formula is C24H22BrClN2O5S2. The van der Waals surface area contributed by atoms with Gasteiger partial charge in [0.25, 0.3) is 11.8 Å². The summed E-state index contributed by atoms with van der Waals surface area (Å²) in [6.45, 7) is 4.38. The van der Waals surface area contributed by atoms with Crippen molar-refractivity contribution in [1.82, 2.24) is 4.90 Å². The Kier molecular flexibility index (Phi) is 8.72. The quantitative estimate of drug-likeness (QED) is 0.323. The van der Waals surface area contributed by atoms with Crippen LogP contribution in [-0.4, -0.2) is 60.6 Å². The highest BCUT2D eigenvalue weighted by Gasteiger charge is 2.33. The molecule has 0 aliphatic carbocycles. The largest absolute Gasteiger partial charge is 0.490 e. The van der Waals surface area contributed by atoms with E-state index in [1.54, 1.807) is 47.4 Å². The fourth-order valence-electron chi connectivity index (χ4n) is 3.51. The molecule has 0 saturated carbocycles. The van der Waals surface area contributed by atoms with Gasteiger partial charge in [-0.25, -0.2) is 0 Å². The summed E-state index contributed by atoms with van der Waals surface area (Å²) < 4.78 is 17.9. The fourth-order valence-corrected chi connectivity index (χ4v) is 5.23. The number of hydrogen-bond donors (Lipinski definition) is 0. The van der Waals surface area contributed by atoms with Crippen molar-refractivity contribution in [2.45, 2.75) is 6.92 Å². The number of benzene rings is 2. The zero-order valence-electron chi connectivity index (χ0n) is 18.8. The van der Waals surface area contributed by atoms with Crippen LogP contribution < -0.4 is 14.4 Å². The van der Waals surface area contributed by atoms with Gasteiger partial charge in [-0.15, -0.1) is 0 Å². The number of morpholine rings is 1. The minimum atomic E-state index is -0.229. The summed E-state index contributed by atoms with van der Waals surface area (Å²) >= 11 is 16.2. The van der Waals surface area contributed by atoms with E-state index in [4.69, 9.17) is 38.0 Å². The van der Waals surface area contributed by atoms with Crippen LogP contribution in [0.4, 0.5) is 5.69 Å². The molecule has 2 aliphatic heterocycles. The summed E-state index contributed by atoms with van der Waals surface area (Å²) in [4.78, 5) is 29.2. The Balaban J connectivity index is 1.50. The Morgan fingerprint density at radius 1 is 1.20 bits per heavy atom. The highest BCUT2D eigenvalue weighted by Crippen LogP contribution is 2.39. The topological polar surface area (TPSA) is 68.3 Å². The van der Waals surface area contributed by atoms with E-state index in [2.05, 4.69) is 15.9 Å². The second-order valence-corrected chi connectivity index (χ2v) is 10.5. The lowest BCUT2D eigenvalue weighted by atomic mass is 10.1. The van der Waals surface area contributed by atoms with Crippen LogP contribution in [0.15, 0.2) is 45.8 Å². The van der Waals surface area contributed by atoms with Crippen molar-refractivity contribution in [2.75, 3.05) is 44.4 Å². The SMILES string of the molecule is CCOc1cc(/C=C2\SC(=S)N(c3ccc(Br)c(Cl)c3)C2=O)ccc1OCC(=O)N1CCOCC1. The van der Waals surface area contributed by atoms with E-state index in [0.717, 1.165) is 10.0 Å². The van der Waals surface area contributed by atoms with E-state index < -0.39 is 0 Å². The van der Waals surface area contributed by atoms with Crippen molar-refractivity contribution in [3.8, 4) is 11.5 Å². The first-order valence-corrected chi connectivity index (χ1v) is 13.2. The van der Waals surface area contributed by atoms with Gasteiger partial charge >= 0.3 is 0 Å². The lowest BCUT2D eigenvalue weighted by Crippen LogP contribution is -2.43. The number of carbonyl (C=O) groups is 2. The van der Waals surface area contributed by atoms with Gasteiger partial charge in [0, 0.05) is 17.6 Å². The van der Waals surface area contributed by atoms with Crippen LogP contribution in [0.3, 0.4) is 0 Å². The Hall–Kier alpha value is -2.11. The van der Waals surface area contributed by atoms with Gasteiger partial charge in [0.05, 0.1) is 35.4 Å². The lowest BCUT2D eigenvalue weighted by molar-refractivity contribution is -0.137. The summed E-state index contributed by atoms with van der Waals surface area (Å²) in [5.74, 6) is 0.623. The van der Waals surface area contributed by atoms with Crippen LogP contribution >= 0.6 is 51.5 Å². The maximum Gasteiger partial charge on any atom is 0.270 e. The van der Waals surface area contributed by atoms with Gasteiger partial charge in [-0.3, -0.25) is 14.5 Å². The second kappa shape index (κ2) is 11.7. The van der Waals surface area contributed by atoms with E-state index in [0.29, 0.717) is 64.3 Å². The number of thiocarbonyl (C=S) groups is 1. The summed E-state index contributed by atoms with van der Waals surface area (Å²) in [6.07, 6.45) is 1.75. The maximum absolute atomic E-state index is 13.1. The van der Waals surface area contributed by atoms with Crippen molar-refractivity contribution in [3.05, 3.63) is 56.4 Å². The number of thioether (sulfide) groups is 1. The number of carbonyl (C=O) groups excluding carboxylic acids is 2. The van der Waals surface area contributed by atoms with Crippen molar-refractivity contribution in [3.63, 3.8) is 0 Å². The minimum Gasteiger partial charge on any atom is -0.490 e. The molecule has 0 spiro atoms. The number of amides is 2. The molecule has 0 radical (unpaired) electrons. The molecule has 2 amide bonds. The monoisotopic (exact) mass is 596 g/mol. The Labute approximate surface area is 226 Å². The molecule has 0 aromatic heterocycles. The molecule has 2 heterocycles. The summed E-state index contributed by atoms with van der Waals surface area (Å²) in [5, 5.41) is 0.490.